The van der Waals surface area contributed by atoms with Gasteiger partial charge in [-0.25, -0.2) is 0 Å². The van der Waals surface area contributed by atoms with E-state index in [-0.39, 0.29) is 0 Å². The Morgan fingerprint density at radius 2 is 1.93 bits per heavy atom. The molecule has 89 valence electrons. The van der Waals surface area contributed by atoms with Gasteiger partial charge in [-0.3, -0.25) is 4.57 Å². The van der Waals surface area contributed by atoms with Gasteiger partial charge in [-0.1, -0.05) is 0 Å². The zero-order valence-corrected chi connectivity index (χ0v) is 8.22. The molecule has 3 atom stereocenters. The second-order valence-corrected chi connectivity index (χ2v) is 4.95. The van der Waals surface area contributed by atoms with Gasteiger partial charge in [-0.05, 0) is 0 Å². The SMILES string of the molecule is O=P(O)(O)C(F)(F)C[C@H]1O[CH][C@H](O)[C@@H]1O. The fourth-order valence-electron chi connectivity index (χ4n) is 1.09. The Bertz CT molecular complexity index is 279. The van der Waals surface area contributed by atoms with E-state index >= 15 is 0 Å². The van der Waals surface area contributed by atoms with Gasteiger partial charge in [0.05, 0.1) is 12.5 Å². The zero-order chi connectivity index (χ0) is 11.9. The van der Waals surface area contributed by atoms with E-state index in [4.69, 9.17) is 20.0 Å². The lowest BCUT2D eigenvalue weighted by Gasteiger charge is -2.22. The Balaban J connectivity index is 2.67. The molecule has 0 unspecified atom stereocenters. The topological polar surface area (TPSA) is 107 Å². The number of halogens is 2. The largest absolute Gasteiger partial charge is 0.394 e. The Morgan fingerprint density at radius 3 is 2.27 bits per heavy atom. The van der Waals surface area contributed by atoms with Crippen LogP contribution in [0.2, 0.25) is 0 Å². The first kappa shape index (κ1) is 13.0. The molecule has 1 heterocycles. The molecular weight excluding hydrogens is 237 g/mol. The number of aliphatic hydroxyl groups excluding tert-OH is 2. The lowest BCUT2D eigenvalue weighted by molar-refractivity contribution is -0.0357. The van der Waals surface area contributed by atoms with Gasteiger partial charge in [0.1, 0.15) is 18.8 Å². The quantitative estimate of drug-likeness (QED) is 0.497. The van der Waals surface area contributed by atoms with Crippen molar-refractivity contribution in [2.24, 2.45) is 0 Å². The molecule has 0 spiro atoms. The van der Waals surface area contributed by atoms with Crippen molar-refractivity contribution in [2.75, 3.05) is 0 Å². The molecule has 0 bridgehead atoms. The van der Waals surface area contributed by atoms with Crippen molar-refractivity contribution in [2.45, 2.75) is 30.4 Å². The summed E-state index contributed by atoms with van der Waals surface area (Å²) in [5, 5.41) is 18.0. The van der Waals surface area contributed by atoms with Gasteiger partial charge in [-0.15, -0.1) is 0 Å². The van der Waals surface area contributed by atoms with Crippen molar-refractivity contribution in [3.8, 4) is 0 Å². The molecule has 0 amide bonds. The first-order chi connectivity index (χ1) is 6.65. The number of alkyl halides is 2. The van der Waals surface area contributed by atoms with Gasteiger partial charge in [0.15, 0.2) is 0 Å². The van der Waals surface area contributed by atoms with Gasteiger partial charge in [0.25, 0.3) is 0 Å². The van der Waals surface area contributed by atoms with Crippen molar-refractivity contribution in [3.05, 3.63) is 6.61 Å². The molecular formula is C6H10F2O6P. The van der Waals surface area contributed by atoms with E-state index in [2.05, 4.69) is 4.74 Å². The predicted molar refractivity (Wildman–Crippen MR) is 42.8 cm³/mol. The summed E-state index contributed by atoms with van der Waals surface area (Å²) in [7, 11) is -5.59. The normalized spacial score (nSPS) is 33.3. The smallest absolute Gasteiger partial charge is 0.388 e. The summed E-state index contributed by atoms with van der Waals surface area (Å²) in [5.74, 6) is 0. The fourth-order valence-corrected chi connectivity index (χ4v) is 1.51. The van der Waals surface area contributed by atoms with Crippen molar-refractivity contribution in [1.82, 2.24) is 0 Å². The maximum atomic E-state index is 12.8. The molecule has 0 aromatic heterocycles. The number of hydrogen-bond donors (Lipinski definition) is 4. The Labute approximate surface area is 83.6 Å². The minimum Gasteiger partial charge on any atom is -0.388 e. The maximum absolute atomic E-state index is 12.8. The highest BCUT2D eigenvalue weighted by Crippen LogP contribution is 2.55. The van der Waals surface area contributed by atoms with E-state index in [0.717, 1.165) is 6.61 Å². The second-order valence-electron chi connectivity index (χ2n) is 3.21. The van der Waals surface area contributed by atoms with E-state index in [1.54, 1.807) is 0 Å². The van der Waals surface area contributed by atoms with Gasteiger partial charge >= 0.3 is 13.3 Å². The van der Waals surface area contributed by atoms with Crippen molar-refractivity contribution >= 4 is 7.60 Å². The van der Waals surface area contributed by atoms with Crippen LogP contribution in [0.3, 0.4) is 0 Å². The van der Waals surface area contributed by atoms with E-state index in [0.29, 0.717) is 0 Å². The summed E-state index contributed by atoms with van der Waals surface area (Å²) in [5.41, 5.74) is -4.28. The predicted octanol–water partition coefficient (Wildman–Crippen LogP) is -0.571. The molecule has 1 aliphatic rings. The zero-order valence-electron chi connectivity index (χ0n) is 7.33. The molecule has 1 radical (unpaired) electrons. The Morgan fingerprint density at radius 1 is 1.40 bits per heavy atom. The van der Waals surface area contributed by atoms with E-state index < -0.39 is 38.0 Å². The third-order valence-electron chi connectivity index (χ3n) is 2.00. The molecule has 1 fully saturated rings. The van der Waals surface area contributed by atoms with Gasteiger partial charge in [0, 0.05) is 0 Å². The average molecular weight is 247 g/mol. The lowest BCUT2D eigenvalue weighted by atomic mass is 10.1. The average Bonchev–Trinajstić information content (AvgIpc) is 2.33. The number of ether oxygens (including phenoxy) is 1. The number of hydrogen-bond acceptors (Lipinski definition) is 4. The van der Waals surface area contributed by atoms with E-state index in [1.165, 1.54) is 0 Å². The first-order valence-electron chi connectivity index (χ1n) is 3.93. The molecule has 15 heavy (non-hydrogen) atoms. The minimum atomic E-state index is -5.59. The highest BCUT2D eigenvalue weighted by molar-refractivity contribution is 7.53. The third kappa shape index (κ3) is 2.72. The molecule has 1 rings (SSSR count). The molecule has 0 aliphatic carbocycles. The summed E-state index contributed by atoms with van der Waals surface area (Å²) >= 11 is 0. The summed E-state index contributed by atoms with van der Waals surface area (Å²) in [4.78, 5) is 16.6. The van der Waals surface area contributed by atoms with E-state index in [1.807, 2.05) is 0 Å². The van der Waals surface area contributed by atoms with Gasteiger partial charge in [0.2, 0.25) is 0 Å². The summed E-state index contributed by atoms with van der Waals surface area (Å²) in [6, 6.07) is 0. The van der Waals surface area contributed by atoms with Crippen LogP contribution in [-0.4, -0.2) is 44.0 Å². The second kappa shape index (κ2) is 4.04. The molecule has 0 aromatic rings. The minimum absolute atomic E-state index is 0.741. The fraction of sp³-hybridized carbons (Fsp3) is 0.833. The maximum Gasteiger partial charge on any atom is 0.394 e. The van der Waals surface area contributed by atoms with E-state index in [9.17, 15) is 13.3 Å². The molecule has 0 saturated carbocycles. The van der Waals surface area contributed by atoms with Gasteiger partial charge < -0.3 is 24.7 Å². The highest BCUT2D eigenvalue weighted by atomic mass is 31.2. The van der Waals surface area contributed by atoms with Crippen LogP contribution in [0.1, 0.15) is 6.42 Å². The molecule has 0 aromatic carbocycles. The van der Waals surface area contributed by atoms with Crippen LogP contribution in [0.25, 0.3) is 0 Å². The number of aliphatic hydroxyl groups is 2. The molecule has 1 aliphatic heterocycles. The molecule has 9 heteroatoms. The highest BCUT2D eigenvalue weighted by Gasteiger charge is 2.53. The Kier molecular flexibility index (Phi) is 3.49. The lowest BCUT2D eigenvalue weighted by Crippen LogP contribution is -2.34. The van der Waals surface area contributed by atoms with Crippen molar-refractivity contribution in [1.29, 1.82) is 0 Å². The monoisotopic (exact) mass is 247 g/mol. The summed E-state index contributed by atoms with van der Waals surface area (Å²) in [6.45, 7) is 0.741. The third-order valence-corrected chi connectivity index (χ3v) is 3.03. The van der Waals surface area contributed by atoms with Crippen LogP contribution in [-0.2, 0) is 9.30 Å². The Hall–Kier alpha value is -0.110. The van der Waals surface area contributed by atoms with Crippen LogP contribution in [0.4, 0.5) is 8.78 Å². The standard InChI is InChI=1S/C6H10F2O6P/c7-6(8,15(11,12)13)1-4-5(10)3(9)2-14-4/h2-5,9-10H,1H2,(H2,11,12,13)/t3-,4+,5-/m0/s1. The molecule has 6 nitrogen and oxygen atoms in total. The summed E-state index contributed by atoms with van der Waals surface area (Å²) < 4.78 is 40.5. The van der Waals surface area contributed by atoms with Crippen molar-refractivity contribution in [3.63, 3.8) is 0 Å². The van der Waals surface area contributed by atoms with Crippen molar-refractivity contribution < 1.29 is 38.1 Å². The molecule has 4 N–H and O–H groups in total. The first-order valence-corrected chi connectivity index (χ1v) is 5.55. The summed E-state index contributed by atoms with van der Waals surface area (Å²) in [6.07, 6.45) is -5.92. The van der Waals surface area contributed by atoms with Crippen LogP contribution in [0.5, 0.6) is 0 Å². The van der Waals surface area contributed by atoms with Crippen LogP contribution < -0.4 is 0 Å². The number of rotatable bonds is 3. The van der Waals surface area contributed by atoms with Crippen LogP contribution in [0, 0.1) is 6.61 Å². The van der Waals surface area contributed by atoms with Crippen LogP contribution in [0.15, 0.2) is 0 Å². The molecule has 1 saturated heterocycles. The van der Waals surface area contributed by atoms with Crippen LogP contribution >= 0.6 is 7.60 Å². The van der Waals surface area contributed by atoms with Gasteiger partial charge in [-0.2, -0.15) is 8.78 Å².